The molecule has 0 saturated heterocycles. The van der Waals surface area contributed by atoms with Crippen LogP contribution in [0.25, 0.3) is 0 Å². The molecule has 6 heteroatoms. The quantitative estimate of drug-likeness (QED) is 0.607. The maximum atomic E-state index is 10.5. The Bertz CT molecular complexity index is 656. The number of benzene rings is 2. The van der Waals surface area contributed by atoms with E-state index in [0.29, 0.717) is 11.5 Å². The van der Waals surface area contributed by atoms with E-state index < -0.39 is 12.6 Å². The fourth-order valence-corrected chi connectivity index (χ4v) is 1.72. The summed E-state index contributed by atoms with van der Waals surface area (Å²) in [6.45, 7) is -0.417. The number of carbonyl (C=O) groups is 1. The van der Waals surface area contributed by atoms with Crippen LogP contribution in [0.3, 0.4) is 0 Å². The van der Waals surface area contributed by atoms with Gasteiger partial charge in [0, 0.05) is 0 Å². The molecular formula is C16H16N2O4. The molecule has 0 amide bonds. The van der Waals surface area contributed by atoms with E-state index in [9.17, 15) is 4.79 Å². The van der Waals surface area contributed by atoms with E-state index in [4.69, 9.17) is 14.6 Å². The van der Waals surface area contributed by atoms with Gasteiger partial charge < -0.3 is 14.6 Å². The molecule has 0 radical (unpaired) electrons. The molecule has 0 aliphatic rings. The van der Waals surface area contributed by atoms with Crippen molar-refractivity contribution in [1.82, 2.24) is 0 Å². The van der Waals surface area contributed by atoms with E-state index in [0.717, 1.165) is 11.3 Å². The maximum Gasteiger partial charge on any atom is 0.341 e. The second-order valence-corrected chi connectivity index (χ2v) is 4.33. The summed E-state index contributed by atoms with van der Waals surface area (Å²) in [6.07, 6.45) is 1.64. The third kappa shape index (κ3) is 4.52. The van der Waals surface area contributed by atoms with Crippen LogP contribution in [0.15, 0.2) is 53.6 Å². The van der Waals surface area contributed by atoms with Crippen molar-refractivity contribution < 1.29 is 19.4 Å². The molecule has 0 heterocycles. The number of hydrogen-bond donors (Lipinski definition) is 2. The molecule has 0 atom stereocenters. The minimum Gasteiger partial charge on any atom is -0.493 e. The average molecular weight is 300 g/mol. The molecule has 0 unspecified atom stereocenters. The van der Waals surface area contributed by atoms with Gasteiger partial charge in [-0.15, -0.1) is 0 Å². The molecule has 22 heavy (non-hydrogen) atoms. The zero-order chi connectivity index (χ0) is 15.8. The predicted molar refractivity (Wildman–Crippen MR) is 83.8 cm³/mol. The molecule has 0 aromatic heterocycles. The zero-order valence-electron chi connectivity index (χ0n) is 12.0. The number of anilines is 1. The molecule has 0 fully saturated rings. The number of carboxylic acids is 1. The second-order valence-electron chi connectivity index (χ2n) is 4.33. The van der Waals surface area contributed by atoms with Gasteiger partial charge in [0.15, 0.2) is 18.1 Å². The Hall–Kier alpha value is -3.02. The lowest BCUT2D eigenvalue weighted by Gasteiger charge is -2.09. The lowest BCUT2D eigenvalue weighted by Crippen LogP contribution is -2.10. The Balaban J connectivity index is 2.04. The molecule has 0 saturated carbocycles. The van der Waals surface area contributed by atoms with Crippen LogP contribution >= 0.6 is 0 Å². The first-order valence-corrected chi connectivity index (χ1v) is 6.56. The standard InChI is InChI=1S/C16H16N2O4/c1-21-15-9-12(7-8-14(15)22-11-16(19)20)10-17-18-13-5-3-2-4-6-13/h2-10,18H,11H2,1H3,(H,19,20)/b17-10+. The van der Waals surface area contributed by atoms with Crippen molar-refractivity contribution in [2.24, 2.45) is 5.10 Å². The number of hydrazone groups is 1. The predicted octanol–water partition coefficient (Wildman–Crippen LogP) is 2.60. The van der Waals surface area contributed by atoms with E-state index in [-0.39, 0.29) is 0 Å². The number of rotatable bonds is 7. The summed E-state index contributed by atoms with van der Waals surface area (Å²) in [7, 11) is 1.49. The van der Waals surface area contributed by atoms with Gasteiger partial charge in [-0.2, -0.15) is 5.10 Å². The van der Waals surface area contributed by atoms with Crippen LogP contribution in [-0.2, 0) is 4.79 Å². The Labute approximate surface area is 128 Å². The second kappa shape index (κ2) is 7.68. The van der Waals surface area contributed by atoms with E-state index in [2.05, 4.69) is 10.5 Å². The third-order valence-electron chi connectivity index (χ3n) is 2.72. The number of ether oxygens (including phenoxy) is 2. The van der Waals surface area contributed by atoms with E-state index in [1.54, 1.807) is 24.4 Å². The van der Waals surface area contributed by atoms with Gasteiger partial charge in [0.25, 0.3) is 0 Å². The van der Waals surface area contributed by atoms with Crippen molar-refractivity contribution in [2.75, 3.05) is 19.1 Å². The molecular weight excluding hydrogens is 284 g/mol. The average Bonchev–Trinajstić information content (AvgIpc) is 2.54. The highest BCUT2D eigenvalue weighted by Crippen LogP contribution is 2.27. The summed E-state index contributed by atoms with van der Waals surface area (Å²) in [5, 5.41) is 12.7. The highest BCUT2D eigenvalue weighted by atomic mass is 16.5. The topological polar surface area (TPSA) is 80.1 Å². The van der Waals surface area contributed by atoms with Gasteiger partial charge in [-0.25, -0.2) is 4.79 Å². The number of hydrogen-bond acceptors (Lipinski definition) is 5. The highest BCUT2D eigenvalue weighted by molar-refractivity contribution is 5.81. The van der Waals surface area contributed by atoms with Crippen LogP contribution in [0.1, 0.15) is 5.56 Å². The van der Waals surface area contributed by atoms with Crippen LogP contribution in [0.2, 0.25) is 0 Å². The SMILES string of the molecule is COc1cc(/C=N/Nc2ccccc2)ccc1OCC(=O)O. The van der Waals surface area contributed by atoms with Gasteiger partial charge >= 0.3 is 5.97 Å². The van der Waals surface area contributed by atoms with Crippen molar-refractivity contribution in [3.8, 4) is 11.5 Å². The van der Waals surface area contributed by atoms with Gasteiger partial charge in [-0.05, 0) is 35.9 Å². The first kappa shape index (κ1) is 15.4. The first-order valence-electron chi connectivity index (χ1n) is 6.56. The van der Waals surface area contributed by atoms with E-state index >= 15 is 0 Å². The Morgan fingerprint density at radius 2 is 2.00 bits per heavy atom. The number of aliphatic carboxylic acids is 1. The molecule has 2 aromatic carbocycles. The lowest BCUT2D eigenvalue weighted by molar-refractivity contribution is -0.139. The number of carboxylic acid groups (broad SMARTS) is 1. The van der Waals surface area contributed by atoms with Crippen molar-refractivity contribution in [1.29, 1.82) is 0 Å². The number of nitrogens with zero attached hydrogens (tertiary/aromatic N) is 1. The number of nitrogens with one attached hydrogen (secondary N) is 1. The summed E-state index contributed by atoms with van der Waals surface area (Å²) in [5.41, 5.74) is 4.58. The van der Waals surface area contributed by atoms with Gasteiger partial charge in [0.05, 0.1) is 19.0 Å². The van der Waals surface area contributed by atoms with Crippen LogP contribution in [-0.4, -0.2) is 31.0 Å². The normalized spacial score (nSPS) is 10.4. The summed E-state index contributed by atoms with van der Waals surface area (Å²) in [4.78, 5) is 10.5. The van der Waals surface area contributed by atoms with Gasteiger partial charge in [-0.3, -0.25) is 5.43 Å². The fraction of sp³-hybridized carbons (Fsp3) is 0.125. The molecule has 6 nitrogen and oxygen atoms in total. The van der Waals surface area contributed by atoms with E-state index in [1.807, 2.05) is 30.3 Å². The van der Waals surface area contributed by atoms with Gasteiger partial charge in [0.2, 0.25) is 0 Å². The molecule has 0 aliphatic carbocycles. The number of methoxy groups -OCH3 is 1. The van der Waals surface area contributed by atoms with Crippen molar-refractivity contribution in [3.05, 3.63) is 54.1 Å². The third-order valence-corrected chi connectivity index (χ3v) is 2.72. The smallest absolute Gasteiger partial charge is 0.341 e. The minimum atomic E-state index is -1.04. The van der Waals surface area contributed by atoms with Crippen LogP contribution < -0.4 is 14.9 Å². The van der Waals surface area contributed by atoms with Crippen LogP contribution in [0.4, 0.5) is 5.69 Å². The molecule has 114 valence electrons. The summed E-state index contributed by atoms with van der Waals surface area (Å²) >= 11 is 0. The molecule has 2 N–H and O–H groups in total. The first-order chi connectivity index (χ1) is 10.7. The highest BCUT2D eigenvalue weighted by Gasteiger charge is 2.07. The van der Waals surface area contributed by atoms with Gasteiger partial charge in [-0.1, -0.05) is 18.2 Å². The molecule has 2 aromatic rings. The largest absolute Gasteiger partial charge is 0.493 e. The van der Waals surface area contributed by atoms with Crippen molar-refractivity contribution >= 4 is 17.9 Å². The van der Waals surface area contributed by atoms with Crippen LogP contribution in [0, 0.1) is 0 Å². The van der Waals surface area contributed by atoms with Gasteiger partial charge in [0.1, 0.15) is 0 Å². The van der Waals surface area contributed by atoms with E-state index in [1.165, 1.54) is 7.11 Å². The van der Waals surface area contributed by atoms with Crippen molar-refractivity contribution in [2.45, 2.75) is 0 Å². The molecule has 0 aliphatic heterocycles. The summed E-state index contributed by atoms with van der Waals surface area (Å²) in [5.74, 6) is -0.220. The fourth-order valence-electron chi connectivity index (χ4n) is 1.72. The lowest BCUT2D eigenvalue weighted by atomic mass is 10.2. The number of para-hydroxylation sites is 1. The Morgan fingerprint density at radius 3 is 2.68 bits per heavy atom. The maximum absolute atomic E-state index is 10.5. The zero-order valence-corrected chi connectivity index (χ0v) is 12.0. The summed E-state index contributed by atoms with van der Waals surface area (Å²) in [6, 6.07) is 14.7. The van der Waals surface area contributed by atoms with Crippen molar-refractivity contribution in [3.63, 3.8) is 0 Å². The monoisotopic (exact) mass is 300 g/mol. The Kier molecular flexibility index (Phi) is 5.37. The summed E-state index contributed by atoms with van der Waals surface area (Å²) < 4.78 is 10.3. The molecule has 0 spiro atoms. The molecule has 0 bridgehead atoms. The molecule has 2 rings (SSSR count). The minimum absolute atomic E-state index is 0.373. The van der Waals surface area contributed by atoms with Crippen LogP contribution in [0.5, 0.6) is 11.5 Å². The Morgan fingerprint density at radius 1 is 1.23 bits per heavy atom.